The number of aliphatic hydroxyl groups excluding tert-OH is 1. The fourth-order valence-electron chi connectivity index (χ4n) is 6.18. The number of amides is 5. The minimum atomic E-state index is -1.28. The van der Waals surface area contributed by atoms with Crippen LogP contribution in [-0.4, -0.2) is 85.6 Å². The van der Waals surface area contributed by atoms with Crippen LogP contribution in [0.1, 0.15) is 87.7 Å². The largest absolute Gasteiger partial charge is 0.390 e. The predicted molar refractivity (Wildman–Crippen MR) is 213 cm³/mol. The van der Waals surface area contributed by atoms with Crippen molar-refractivity contribution >= 4 is 40.7 Å². The van der Waals surface area contributed by atoms with Crippen LogP contribution in [0.2, 0.25) is 0 Å². The summed E-state index contributed by atoms with van der Waals surface area (Å²) in [7, 11) is 0. The number of carbonyl (C=O) groups excluding carboxylic acids is 5. The molecule has 1 unspecified atom stereocenters. The van der Waals surface area contributed by atoms with Crippen LogP contribution in [-0.2, 0) is 25.6 Å². The van der Waals surface area contributed by atoms with Gasteiger partial charge in [0.1, 0.15) is 23.7 Å². The van der Waals surface area contributed by atoms with Gasteiger partial charge in [-0.15, -0.1) is 5.10 Å². The summed E-state index contributed by atoms with van der Waals surface area (Å²) in [5, 5.41) is 39.8. The number of benzene rings is 2. The van der Waals surface area contributed by atoms with Crippen LogP contribution in [0, 0.1) is 23.2 Å². The summed E-state index contributed by atoms with van der Waals surface area (Å²) in [5.41, 5.74) is 7.48. The first-order valence-corrected chi connectivity index (χ1v) is 19.3. The van der Waals surface area contributed by atoms with E-state index in [-0.39, 0.29) is 60.4 Å². The maximum Gasteiger partial charge on any atom is 0.251 e. The third kappa shape index (κ3) is 13.7. The zero-order valence-corrected chi connectivity index (χ0v) is 33.2. The van der Waals surface area contributed by atoms with Crippen molar-refractivity contribution in [3.8, 4) is 11.8 Å². The zero-order valence-electron chi connectivity index (χ0n) is 33.2. The van der Waals surface area contributed by atoms with Gasteiger partial charge in [-0.05, 0) is 78.6 Å². The van der Waals surface area contributed by atoms with E-state index in [1.807, 2.05) is 64.1 Å². The lowest BCUT2D eigenvalue weighted by atomic mass is 9.95. The van der Waals surface area contributed by atoms with Crippen LogP contribution in [0.25, 0.3) is 11.2 Å². The van der Waals surface area contributed by atoms with Crippen molar-refractivity contribution in [2.75, 3.05) is 6.54 Å². The second-order valence-corrected chi connectivity index (χ2v) is 14.9. The molecule has 58 heavy (non-hydrogen) atoms. The minimum Gasteiger partial charge on any atom is -0.390 e. The van der Waals surface area contributed by atoms with Crippen LogP contribution >= 0.6 is 0 Å². The van der Waals surface area contributed by atoms with Gasteiger partial charge in [0.05, 0.1) is 24.1 Å². The zero-order chi connectivity index (χ0) is 42.2. The molecule has 4 rings (SSSR count). The van der Waals surface area contributed by atoms with Gasteiger partial charge in [0.2, 0.25) is 29.3 Å². The molecule has 2 aromatic carbocycles. The Labute approximate surface area is 337 Å². The lowest BCUT2D eigenvalue weighted by Gasteiger charge is -2.28. The van der Waals surface area contributed by atoms with E-state index in [1.54, 1.807) is 18.3 Å². The van der Waals surface area contributed by atoms with Gasteiger partial charge in [-0.3, -0.25) is 24.0 Å². The first kappa shape index (κ1) is 44.3. The molecule has 0 radical (unpaired) electrons. The van der Waals surface area contributed by atoms with Crippen molar-refractivity contribution < 1.29 is 33.9 Å². The molecule has 4 atom stereocenters. The van der Waals surface area contributed by atoms with Crippen molar-refractivity contribution in [2.45, 2.75) is 96.9 Å². The number of pyridine rings is 1. The molecule has 5 amide bonds. The van der Waals surface area contributed by atoms with E-state index in [0.29, 0.717) is 36.8 Å². The van der Waals surface area contributed by atoms with Crippen molar-refractivity contribution in [1.82, 2.24) is 41.4 Å². The number of aromatic nitrogens is 4. The molecule has 0 bridgehead atoms. The number of carbonyl (C=O) groups is 5. The highest BCUT2D eigenvalue weighted by Gasteiger charge is 2.30. The SMILES string of the molecule is CC(C)C[C@H](NC(=O)C[C@H](O)[C@H](CC(C)C)NC(=O)C(Cc1ccccc1)NC(=O)CCCCNC(=O)c1ccc(On2nnc3cccnc32)c(C#N)c1)C(N)=O. The molecular formula is C41H52N10O7. The molecule has 308 valence electrons. The quantitative estimate of drug-likeness (QED) is 0.0630. The van der Waals surface area contributed by atoms with E-state index in [2.05, 4.69) is 36.6 Å². The molecule has 4 aromatic rings. The summed E-state index contributed by atoms with van der Waals surface area (Å²) in [4.78, 5) is 75.5. The lowest BCUT2D eigenvalue weighted by molar-refractivity contribution is -0.131. The Balaban J connectivity index is 1.30. The standard InChI is InChI=1S/C41H52N10O7/c1-25(2)19-31(34(52)23-37(54)46-32(38(43)55)20-26(3)4)48-41(57)33(21-27-11-6-5-7-12-27)47-36(53)14-8-9-17-45-40(56)28-15-16-35(29(22-28)24-42)58-51-39-30(49-50-51)13-10-18-44-39/h5-7,10-13,15-16,18,22,25-26,31-34,52H,8-9,14,17,19-21,23H2,1-4H3,(H2,43,55)(H,45,56)(H,46,54)(H,47,53)(H,48,57)/t31-,32-,33?,34-/m0/s1. The minimum absolute atomic E-state index is 0.0380. The highest BCUT2D eigenvalue weighted by molar-refractivity contribution is 5.95. The number of aliphatic hydroxyl groups is 1. The van der Waals surface area contributed by atoms with E-state index in [4.69, 9.17) is 10.6 Å². The average Bonchev–Trinajstić information content (AvgIpc) is 3.59. The number of rotatable bonds is 22. The number of nitriles is 1. The predicted octanol–water partition coefficient (Wildman–Crippen LogP) is 2.47. The Bertz CT molecular complexity index is 2060. The second-order valence-electron chi connectivity index (χ2n) is 14.9. The number of hydrogen-bond donors (Lipinski definition) is 6. The summed E-state index contributed by atoms with van der Waals surface area (Å²) in [6, 6.07) is 16.3. The molecule has 0 fully saturated rings. The first-order valence-electron chi connectivity index (χ1n) is 19.3. The number of fused-ring (bicyclic) bond motifs is 1. The summed E-state index contributed by atoms with van der Waals surface area (Å²) >= 11 is 0. The Morgan fingerprint density at radius 3 is 2.31 bits per heavy atom. The van der Waals surface area contributed by atoms with Gasteiger partial charge in [0.25, 0.3) is 5.91 Å². The molecule has 17 heteroatoms. The smallest absolute Gasteiger partial charge is 0.251 e. The molecular weight excluding hydrogens is 745 g/mol. The van der Waals surface area contributed by atoms with Crippen LogP contribution in [0.4, 0.5) is 0 Å². The van der Waals surface area contributed by atoms with Crippen molar-refractivity contribution in [3.05, 3.63) is 83.6 Å². The summed E-state index contributed by atoms with van der Waals surface area (Å²) in [5.74, 6) is -2.28. The molecule has 17 nitrogen and oxygen atoms in total. The number of nitrogens with zero attached hydrogens (tertiary/aromatic N) is 5. The van der Waals surface area contributed by atoms with Gasteiger partial charge < -0.3 is 36.9 Å². The number of nitrogens with two attached hydrogens (primary N) is 1. The van der Waals surface area contributed by atoms with Gasteiger partial charge in [0.15, 0.2) is 5.75 Å². The summed E-state index contributed by atoms with van der Waals surface area (Å²) in [6.07, 6.45) is 1.69. The number of hydrogen-bond acceptors (Lipinski definition) is 11. The number of unbranched alkanes of at least 4 members (excludes halogenated alkanes) is 1. The van der Waals surface area contributed by atoms with E-state index < -0.39 is 47.9 Å². The molecule has 2 aromatic heterocycles. The number of primary amides is 1. The van der Waals surface area contributed by atoms with Crippen molar-refractivity contribution in [2.24, 2.45) is 17.6 Å². The molecule has 0 aliphatic rings. The lowest BCUT2D eigenvalue weighted by Crippen LogP contribution is -2.54. The van der Waals surface area contributed by atoms with Gasteiger partial charge in [-0.2, -0.15) is 5.26 Å². The topological polar surface area (TPSA) is 256 Å². The molecule has 0 aliphatic carbocycles. The van der Waals surface area contributed by atoms with E-state index >= 15 is 0 Å². The Kier molecular flexibility index (Phi) is 16.6. The highest BCUT2D eigenvalue weighted by Crippen LogP contribution is 2.21. The highest BCUT2D eigenvalue weighted by atomic mass is 16.7. The van der Waals surface area contributed by atoms with E-state index in [9.17, 15) is 34.3 Å². The van der Waals surface area contributed by atoms with Gasteiger partial charge >= 0.3 is 0 Å². The van der Waals surface area contributed by atoms with Gasteiger partial charge in [-0.25, -0.2) is 4.98 Å². The van der Waals surface area contributed by atoms with Crippen LogP contribution in [0.15, 0.2) is 66.9 Å². The van der Waals surface area contributed by atoms with Gasteiger partial charge in [-0.1, -0.05) is 62.9 Å². The maximum atomic E-state index is 13.8. The molecule has 0 spiro atoms. The summed E-state index contributed by atoms with van der Waals surface area (Å²) in [6.45, 7) is 7.87. The van der Waals surface area contributed by atoms with Gasteiger partial charge in [0, 0.05) is 31.1 Å². The first-order chi connectivity index (χ1) is 27.7. The fourth-order valence-corrected chi connectivity index (χ4v) is 6.18. The molecule has 7 N–H and O–H groups in total. The third-order valence-corrected chi connectivity index (χ3v) is 9.08. The van der Waals surface area contributed by atoms with Crippen LogP contribution < -0.4 is 31.8 Å². The monoisotopic (exact) mass is 796 g/mol. The average molecular weight is 797 g/mol. The van der Waals surface area contributed by atoms with Crippen molar-refractivity contribution in [3.63, 3.8) is 0 Å². The third-order valence-electron chi connectivity index (χ3n) is 9.08. The van der Waals surface area contributed by atoms with E-state index in [1.165, 1.54) is 18.2 Å². The van der Waals surface area contributed by atoms with Crippen LogP contribution in [0.5, 0.6) is 5.75 Å². The van der Waals surface area contributed by atoms with Crippen LogP contribution in [0.3, 0.4) is 0 Å². The number of nitrogens with one attached hydrogen (secondary N) is 4. The molecule has 0 saturated carbocycles. The molecule has 0 aliphatic heterocycles. The maximum absolute atomic E-state index is 13.8. The van der Waals surface area contributed by atoms with Crippen molar-refractivity contribution in [1.29, 1.82) is 5.26 Å². The molecule has 0 saturated heterocycles. The fraction of sp³-hybridized carbons (Fsp3) is 0.439. The second kappa shape index (κ2) is 21.8. The Hall–Kier alpha value is -6.41. The normalized spacial score (nSPS) is 13.2. The Morgan fingerprint density at radius 1 is 0.897 bits per heavy atom. The Morgan fingerprint density at radius 2 is 1.62 bits per heavy atom. The summed E-state index contributed by atoms with van der Waals surface area (Å²) < 4.78 is 0. The molecule has 2 heterocycles. The van der Waals surface area contributed by atoms with E-state index in [0.717, 1.165) is 10.4 Å².